The normalized spacial score (nSPS) is 10.5. The second-order valence-electron chi connectivity index (χ2n) is 3.41. The van der Waals surface area contributed by atoms with Gasteiger partial charge in [-0.15, -0.1) is 0 Å². The number of anilines is 1. The van der Waals surface area contributed by atoms with Gasteiger partial charge in [-0.1, -0.05) is 27.5 Å². The van der Waals surface area contributed by atoms with Crippen molar-refractivity contribution in [2.24, 2.45) is 0 Å². The highest BCUT2D eigenvalue weighted by molar-refractivity contribution is 9.10. The number of amides is 1. The van der Waals surface area contributed by atoms with Gasteiger partial charge in [-0.05, 0) is 32.3 Å². The maximum Gasteiger partial charge on any atom is 0.238 e. The predicted octanol–water partition coefficient (Wildman–Crippen LogP) is 2.60. The van der Waals surface area contributed by atoms with E-state index in [9.17, 15) is 4.79 Å². The number of hydrogen-bond donors (Lipinski definition) is 1. The number of benzene rings is 1. The fraction of sp³-hybridized carbons (Fsp3) is 0.300. The van der Waals surface area contributed by atoms with Crippen molar-refractivity contribution in [3.8, 4) is 0 Å². The van der Waals surface area contributed by atoms with Gasteiger partial charge in [-0.3, -0.25) is 4.79 Å². The highest BCUT2D eigenvalue weighted by Gasteiger charge is 2.06. The molecule has 0 heterocycles. The third-order valence-corrected chi connectivity index (χ3v) is 2.47. The number of hydrogen-bond acceptors (Lipinski definition) is 2. The summed E-state index contributed by atoms with van der Waals surface area (Å²) in [6.45, 7) is 0.340. The fourth-order valence-electron chi connectivity index (χ4n) is 1.07. The van der Waals surface area contributed by atoms with Crippen LogP contribution in [-0.2, 0) is 4.79 Å². The largest absolute Gasteiger partial charge is 0.324 e. The standard InChI is InChI=1S/C10H12BrClN2O/c1-14(2)6-10(15)13-9-4-3-7(11)5-8(9)12/h3-5H,6H2,1-2H3,(H,13,15). The third-order valence-electron chi connectivity index (χ3n) is 1.67. The van der Waals surface area contributed by atoms with E-state index in [0.717, 1.165) is 4.47 Å². The van der Waals surface area contributed by atoms with E-state index in [1.807, 2.05) is 20.2 Å². The minimum atomic E-state index is -0.0794. The van der Waals surface area contributed by atoms with E-state index in [2.05, 4.69) is 21.2 Å². The van der Waals surface area contributed by atoms with Crippen molar-refractivity contribution in [2.45, 2.75) is 0 Å². The van der Waals surface area contributed by atoms with Gasteiger partial charge in [-0.2, -0.15) is 0 Å². The van der Waals surface area contributed by atoms with Crippen molar-refractivity contribution in [1.29, 1.82) is 0 Å². The number of carbonyl (C=O) groups is 1. The smallest absolute Gasteiger partial charge is 0.238 e. The van der Waals surface area contributed by atoms with Gasteiger partial charge in [0.25, 0.3) is 0 Å². The predicted molar refractivity (Wildman–Crippen MR) is 66.3 cm³/mol. The Morgan fingerprint density at radius 2 is 2.20 bits per heavy atom. The molecular formula is C10H12BrClN2O. The van der Waals surface area contributed by atoms with Gasteiger partial charge in [0.2, 0.25) is 5.91 Å². The van der Waals surface area contributed by atoms with Crippen molar-refractivity contribution in [3.05, 3.63) is 27.7 Å². The Kier molecular flexibility index (Phi) is 4.57. The minimum Gasteiger partial charge on any atom is -0.324 e. The molecule has 1 amide bonds. The minimum absolute atomic E-state index is 0.0794. The first-order valence-electron chi connectivity index (χ1n) is 4.38. The first kappa shape index (κ1) is 12.5. The molecule has 1 aromatic rings. The van der Waals surface area contributed by atoms with E-state index >= 15 is 0 Å². The van der Waals surface area contributed by atoms with Gasteiger partial charge in [0, 0.05) is 4.47 Å². The molecule has 5 heteroatoms. The molecule has 0 aliphatic heterocycles. The molecule has 0 aliphatic rings. The third kappa shape index (κ3) is 4.20. The Morgan fingerprint density at radius 1 is 1.53 bits per heavy atom. The van der Waals surface area contributed by atoms with Crippen molar-refractivity contribution >= 4 is 39.1 Å². The first-order valence-corrected chi connectivity index (χ1v) is 5.56. The summed E-state index contributed by atoms with van der Waals surface area (Å²) in [6, 6.07) is 5.34. The zero-order valence-electron chi connectivity index (χ0n) is 8.55. The van der Waals surface area contributed by atoms with Gasteiger partial charge in [0.15, 0.2) is 0 Å². The number of likely N-dealkylation sites (N-methyl/N-ethyl adjacent to an activating group) is 1. The zero-order valence-corrected chi connectivity index (χ0v) is 10.9. The van der Waals surface area contributed by atoms with Crippen molar-refractivity contribution in [3.63, 3.8) is 0 Å². The molecule has 1 rings (SSSR count). The zero-order chi connectivity index (χ0) is 11.4. The van der Waals surface area contributed by atoms with E-state index < -0.39 is 0 Å². The van der Waals surface area contributed by atoms with Crippen LogP contribution >= 0.6 is 27.5 Å². The summed E-state index contributed by atoms with van der Waals surface area (Å²) in [5, 5.41) is 3.26. The van der Waals surface area contributed by atoms with Crippen LogP contribution in [0.2, 0.25) is 5.02 Å². The summed E-state index contributed by atoms with van der Waals surface area (Å²) in [5.41, 5.74) is 0.631. The van der Waals surface area contributed by atoms with E-state index in [-0.39, 0.29) is 5.91 Å². The molecule has 0 saturated heterocycles. The average Bonchev–Trinajstić information content (AvgIpc) is 2.08. The van der Waals surface area contributed by atoms with Gasteiger partial charge in [-0.25, -0.2) is 0 Å². The number of nitrogens with zero attached hydrogens (tertiary/aromatic N) is 1. The Morgan fingerprint density at radius 3 is 2.73 bits per heavy atom. The van der Waals surface area contributed by atoms with Crippen LogP contribution in [0.15, 0.2) is 22.7 Å². The lowest BCUT2D eigenvalue weighted by Gasteiger charge is -2.11. The van der Waals surface area contributed by atoms with E-state index in [1.165, 1.54) is 0 Å². The van der Waals surface area contributed by atoms with Crippen LogP contribution in [0.4, 0.5) is 5.69 Å². The van der Waals surface area contributed by atoms with Crippen LogP contribution in [0, 0.1) is 0 Å². The van der Waals surface area contributed by atoms with Gasteiger partial charge in [0.05, 0.1) is 17.3 Å². The Balaban J connectivity index is 2.68. The highest BCUT2D eigenvalue weighted by Crippen LogP contribution is 2.25. The molecule has 0 saturated carbocycles. The number of rotatable bonds is 3. The summed E-state index contributed by atoms with van der Waals surface area (Å²) >= 11 is 9.25. The summed E-state index contributed by atoms with van der Waals surface area (Å²) < 4.78 is 0.887. The number of nitrogens with one attached hydrogen (secondary N) is 1. The molecule has 3 nitrogen and oxygen atoms in total. The topological polar surface area (TPSA) is 32.3 Å². The van der Waals surface area contributed by atoms with Crippen molar-refractivity contribution < 1.29 is 4.79 Å². The van der Waals surface area contributed by atoms with Gasteiger partial charge in [0.1, 0.15) is 0 Å². The van der Waals surface area contributed by atoms with Crippen LogP contribution in [0.5, 0.6) is 0 Å². The summed E-state index contributed by atoms with van der Waals surface area (Å²) in [7, 11) is 3.67. The summed E-state index contributed by atoms with van der Waals surface area (Å²) in [6.07, 6.45) is 0. The monoisotopic (exact) mass is 290 g/mol. The van der Waals surface area contributed by atoms with Crippen LogP contribution < -0.4 is 5.32 Å². The van der Waals surface area contributed by atoms with Crippen LogP contribution in [0.25, 0.3) is 0 Å². The molecule has 0 aromatic heterocycles. The lowest BCUT2D eigenvalue weighted by atomic mass is 10.3. The molecular weight excluding hydrogens is 279 g/mol. The molecule has 1 aromatic carbocycles. The maximum absolute atomic E-state index is 11.4. The second-order valence-corrected chi connectivity index (χ2v) is 4.73. The Bertz CT molecular complexity index is 368. The molecule has 82 valence electrons. The van der Waals surface area contributed by atoms with Crippen molar-refractivity contribution in [2.75, 3.05) is 26.0 Å². The number of halogens is 2. The molecule has 0 unspecified atom stereocenters. The molecule has 0 spiro atoms. The molecule has 0 atom stereocenters. The van der Waals surface area contributed by atoms with Crippen LogP contribution in [0.3, 0.4) is 0 Å². The summed E-state index contributed by atoms with van der Waals surface area (Å²) in [4.78, 5) is 13.2. The lowest BCUT2D eigenvalue weighted by molar-refractivity contribution is -0.116. The molecule has 1 N–H and O–H groups in total. The highest BCUT2D eigenvalue weighted by atomic mass is 79.9. The lowest BCUT2D eigenvalue weighted by Crippen LogP contribution is -2.27. The maximum atomic E-state index is 11.4. The molecule has 0 fully saturated rings. The SMILES string of the molecule is CN(C)CC(=O)Nc1ccc(Br)cc1Cl. The Hall–Kier alpha value is -0.580. The average molecular weight is 292 g/mol. The molecule has 0 radical (unpaired) electrons. The molecule has 0 bridgehead atoms. The van der Waals surface area contributed by atoms with E-state index in [1.54, 1.807) is 17.0 Å². The molecule has 0 aliphatic carbocycles. The summed E-state index contributed by atoms with van der Waals surface area (Å²) in [5.74, 6) is -0.0794. The number of carbonyl (C=O) groups excluding carboxylic acids is 1. The second kappa shape index (κ2) is 5.49. The van der Waals surface area contributed by atoms with E-state index in [0.29, 0.717) is 17.3 Å². The molecule has 15 heavy (non-hydrogen) atoms. The van der Waals surface area contributed by atoms with Crippen LogP contribution in [-0.4, -0.2) is 31.4 Å². The van der Waals surface area contributed by atoms with E-state index in [4.69, 9.17) is 11.6 Å². The van der Waals surface area contributed by atoms with Gasteiger partial charge >= 0.3 is 0 Å². The van der Waals surface area contributed by atoms with Crippen LogP contribution in [0.1, 0.15) is 0 Å². The first-order chi connectivity index (χ1) is 6.99. The Labute approximate surface area is 103 Å². The fourth-order valence-corrected chi connectivity index (χ4v) is 1.79. The van der Waals surface area contributed by atoms with Crippen molar-refractivity contribution in [1.82, 2.24) is 4.90 Å². The van der Waals surface area contributed by atoms with Gasteiger partial charge < -0.3 is 10.2 Å². The quantitative estimate of drug-likeness (QED) is 0.928.